The van der Waals surface area contributed by atoms with Gasteiger partial charge in [0.1, 0.15) is 5.78 Å². The van der Waals surface area contributed by atoms with Gasteiger partial charge in [0.2, 0.25) is 0 Å². The molecule has 0 unspecified atom stereocenters. The predicted octanol–water partition coefficient (Wildman–Crippen LogP) is 3.65. The molecule has 0 aliphatic heterocycles. The van der Waals surface area contributed by atoms with E-state index in [1.807, 2.05) is 11.9 Å². The maximum absolute atomic E-state index is 12.5. The van der Waals surface area contributed by atoms with Crippen LogP contribution in [0.15, 0.2) is 24.3 Å². The van der Waals surface area contributed by atoms with E-state index in [1.165, 1.54) is 12.1 Å². The first kappa shape index (κ1) is 13.9. The maximum Gasteiger partial charge on any atom is 0.416 e. The average molecular weight is 271 g/mol. The minimum atomic E-state index is -4.30. The summed E-state index contributed by atoms with van der Waals surface area (Å²) in [6, 6.07) is 5.40. The molecule has 0 aromatic heterocycles. The summed E-state index contributed by atoms with van der Waals surface area (Å²) < 4.78 is 37.4. The maximum atomic E-state index is 12.5. The minimum Gasteiger partial charge on any atom is -0.372 e. The second-order valence-corrected chi connectivity index (χ2v) is 4.93. The van der Waals surface area contributed by atoms with Crippen molar-refractivity contribution in [3.05, 3.63) is 29.8 Å². The Morgan fingerprint density at radius 3 is 2.11 bits per heavy atom. The number of anilines is 1. The number of hydrogen-bond acceptors (Lipinski definition) is 2. The third kappa shape index (κ3) is 3.28. The van der Waals surface area contributed by atoms with Crippen molar-refractivity contribution in [1.29, 1.82) is 0 Å². The number of nitrogens with zero attached hydrogens (tertiary/aromatic N) is 1. The van der Waals surface area contributed by atoms with Crippen LogP contribution >= 0.6 is 0 Å². The number of carbonyl (C=O) groups is 1. The fourth-order valence-corrected chi connectivity index (χ4v) is 2.41. The van der Waals surface area contributed by atoms with Gasteiger partial charge in [-0.2, -0.15) is 13.2 Å². The van der Waals surface area contributed by atoms with Gasteiger partial charge >= 0.3 is 6.18 Å². The smallest absolute Gasteiger partial charge is 0.372 e. The highest BCUT2D eigenvalue weighted by atomic mass is 19.4. The number of alkyl halides is 3. The zero-order valence-corrected chi connectivity index (χ0v) is 10.7. The molecule has 0 saturated heterocycles. The highest BCUT2D eigenvalue weighted by Crippen LogP contribution is 2.31. The van der Waals surface area contributed by atoms with Gasteiger partial charge in [-0.1, -0.05) is 0 Å². The average Bonchev–Trinajstić information content (AvgIpc) is 2.38. The molecule has 0 atom stereocenters. The van der Waals surface area contributed by atoms with Gasteiger partial charge in [-0.25, -0.2) is 0 Å². The highest BCUT2D eigenvalue weighted by molar-refractivity contribution is 5.79. The Bertz CT molecular complexity index is 443. The van der Waals surface area contributed by atoms with E-state index in [0.29, 0.717) is 12.8 Å². The van der Waals surface area contributed by atoms with Crippen LogP contribution in [0.4, 0.5) is 18.9 Å². The van der Waals surface area contributed by atoms with Gasteiger partial charge in [-0.3, -0.25) is 4.79 Å². The van der Waals surface area contributed by atoms with E-state index in [1.54, 1.807) is 0 Å². The lowest BCUT2D eigenvalue weighted by molar-refractivity contribution is -0.137. The Morgan fingerprint density at radius 1 is 1.11 bits per heavy atom. The molecule has 0 amide bonds. The van der Waals surface area contributed by atoms with E-state index >= 15 is 0 Å². The summed E-state index contributed by atoms with van der Waals surface area (Å²) in [5.41, 5.74) is 0.121. The number of rotatable bonds is 2. The van der Waals surface area contributed by atoms with Crippen molar-refractivity contribution in [3.8, 4) is 0 Å². The molecule has 1 aliphatic rings. The van der Waals surface area contributed by atoms with E-state index in [9.17, 15) is 18.0 Å². The zero-order valence-electron chi connectivity index (χ0n) is 10.7. The van der Waals surface area contributed by atoms with Gasteiger partial charge in [0.15, 0.2) is 0 Å². The van der Waals surface area contributed by atoms with Gasteiger partial charge in [0.05, 0.1) is 5.56 Å². The second-order valence-electron chi connectivity index (χ2n) is 4.93. The fourth-order valence-electron chi connectivity index (χ4n) is 2.41. The number of Topliss-reactive ketones (excluding diaryl/α,β-unsaturated/α-hetero) is 1. The molecule has 0 N–H and O–H groups in total. The van der Waals surface area contributed by atoms with E-state index in [0.717, 1.165) is 30.7 Å². The van der Waals surface area contributed by atoms with Crippen LogP contribution in [0.2, 0.25) is 0 Å². The second kappa shape index (κ2) is 5.23. The summed E-state index contributed by atoms with van der Waals surface area (Å²) in [5.74, 6) is 0.275. The lowest BCUT2D eigenvalue weighted by atomic mass is 9.93. The molecule has 5 heteroatoms. The largest absolute Gasteiger partial charge is 0.416 e. The van der Waals surface area contributed by atoms with Crippen molar-refractivity contribution in [2.75, 3.05) is 11.9 Å². The standard InChI is InChI=1S/C14H16F3NO/c1-18(12-6-8-13(19)9-7-12)11-4-2-10(3-5-11)14(15,16)17/h2-5,12H,6-9H2,1H3. The van der Waals surface area contributed by atoms with Crippen LogP contribution in [-0.2, 0) is 11.0 Å². The lowest BCUT2D eigenvalue weighted by Crippen LogP contribution is -2.35. The van der Waals surface area contributed by atoms with E-state index in [2.05, 4.69) is 0 Å². The van der Waals surface area contributed by atoms with Crippen LogP contribution in [0, 0.1) is 0 Å². The molecule has 2 rings (SSSR count). The molecule has 0 radical (unpaired) electrons. The molecular formula is C14H16F3NO. The lowest BCUT2D eigenvalue weighted by Gasteiger charge is -2.32. The number of carbonyl (C=O) groups excluding carboxylic acids is 1. The van der Waals surface area contributed by atoms with Gasteiger partial charge in [-0.15, -0.1) is 0 Å². The summed E-state index contributed by atoms with van der Waals surface area (Å²) in [7, 11) is 1.86. The van der Waals surface area contributed by atoms with Gasteiger partial charge in [0.25, 0.3) is 0 Å². The van der Waals surface area contributed by atoms with Crippen molar-refractivity contribution in [3.63, 3.8) is 0 Å². The first-order valence-corrected chi connectivity index (χ1v) is 6.30. The molecule has 1 fully saturated rings. The number of hydrogen-bond donors (Lipinski definition) is 0. The van der Waals surface area contributed by atoms with Gasteiger partial charge < -0.3 is 4.90 Å². The van der Waals surface area contributed by atoms with Crippen LogP contribution in [0.5, 0.6) is 0 Å². The Kier molecular flexibility index (Phi) is 3.83. The molecular weight excluding hydrogens is 255 g/mol. The number of ketones is 1. The Morgan fingerprint density at radius 2 is 1.63 bits per heavy atom. The summed E-state index contributed by atoms with van der Waals surface area (Å²) >= 11 is 0. The summed E-state index contributed by atoms with van der Waals surface area (Å²) in [6.45, 7) is 0. The topological polar surface area (TPSA) is 20.3 Å². The third-order valence-corrected chi connectivity index (χ3v) is 3.66. The summed E-state index contributed by atoms with van der Waals surface area (Å²) in [6.07, 6.45) is -1.62. The number of benzene rings is 1. The summed E-state index contributed by atoms with van der Waals surface area (Å²) in [4.78, 5) is 13.1. The van der Waals surface area contributed by atoms with E-state index < -0.39 is 11.7 Å². The highest BCUT2D eigenvalue weighted by Gasteiger charge is 2.30. The van der Waals surface area contributed by atoms with Crippen LogP contribution in [0.1, 0.15) is 31.2 Å². The third-order valence-electron chi connectivity index (χ3n) is 3.66. The van der Waals surface area contributed by atoms with Crippen LogP contribution in [-0.4, -0.2) is 18.9 Å². The monoisotopic (exact) mass is 271 g/mol. The van der Waals surface area contributed by atoms with Gasteiger partial charge in [-0.05, 0) is 37.1 Å². The number of halogens is 3. The zero-order chi connectivity index (χ0) is 14.0. The van der Waals surface area contributed by atoms with Gasteiger partial charge in [0, 0.05) is 31.6 Å². The van der Waals surface area contributed by atoms with Crippen molar-refractivity contribution >= 4 is 11.5 Å². The summed E-state index contributed by atoms with van der Waals surface area (Å²) in [5, 5.41) is 0. The van der Waals surface area contributed by atoms with Crippen molar-refractivity contribution in [2.45, 2.75) is 37.9 Å². The first-order valence-electron chi connectivity index (χ1n) is 6.30. The molecule has 1 saturated carbocycles. The molecule has 1 aromatic rings. The Labute approximate surface area is 110 Å². The van der Waals surface area contributed by atoms with Crippen molar-refractivity contribution in [1.82, 2.24) is 0 Å². The predicted molar refractivity (Wildman–Crippen MR) is 67.1 cm³/mol. The van der Waals surface area contributed by atoms with Crippen molar-refractivity contribution in [2.24, 2.45) is 0 Å². The minimum absolute atomic E-state index is 0.231. The molecule has 0 spiro atoms. The molecule has 0 bridgehead atoms. The van der Waals surface area contributed by atoms with Crippen LogP contribution in [0.3, 0.4) is 0 Å². The normalized spacial score (nSPS) is 17.6. The quantitative estimate of drug-likeness (QED) is 0.818. The Hall–Kier alpha value is -1.52. The Balaban J connectivity index is 2.07. The molecule has 2 nitrogen and oxygen atoms in total. The molecule has 104 valence electrons. The van der Waals surface area contributed by atoms with Crippen LogP contribution < -0.4 is 4.90 Å². The van der Waals surface area contributed by atoms with Crippen molar-refractivity contribution < 1.29 is 18.0 Å². The first-order chi connectivity index (χ1) is 8.88. The van der Waals surface area contributed by atoms with E-state index in [-0.39, 0.29) is 11.8 Å². The molecule has 1 aromatic carbocycles. The molecule has 1 aliphatic carbocycles. The van der Waals surface area contributed by atoms with E-state index in [4.69, 9.17) is 0 Å². The van der Waals surface area contributed by atoms with Crippen LogP contribution in [0.25, 0.3) is 0 Å². The SMILES string of the molecule is CN(c1ccc(C(F)(F)F)cc1)C1CCC(=O)CC1. The molecule has 19 heavy (non-hydrogen) atoms. The molecule has 0 heterocycles. The fraction of sp³-hybridized carbons (Fsp3) is 0.500.